The topological polar surface area (TPSA) is 85.7 Å². The highest BCUT2D eigenvalue weighted by molar-refractivity contribution is 5.80. The number of phenols is 1. The van der Waals surface area contributed by atoms with Crippen LogP contribution in [0.15, 0.2) is 98.7 Å². The van der Waals surface area contributed by atoms with Crippen molar-refractivity contribution >= 4 is 11.0 Å². The molecule has 0 saturated heterocycles. The molecule has 5 rings (SSSR count). The van der Waals surface area contributed by atoms with Gasteiger partial charge in [0, 0.05) is 23.3 Å². The van der Waals surface area contributed by atoms with E-state index in [1.165, 1.54) is 6.07 Å². The number of aromatic nitrogens is 1. The SMILES string of the molecule is O=c1cc(-c2ccc(O)cc2)oc2cc(OCc3cnc(-c4ccccc4)o3)ccc12. The van der Waals surface area contributed by atoms with Crippen molar-refractivity contribution in [1.29, 1.82) is 0 Å². The van der Waals surface area contributed by atoms with Crippen LogP contribution in [0.1, 0.15) is 5.76 Å². The van der Waals surface area contributed by atoms with Crippen molar-refractivity contribution < 1.29 is 18.7 Å². The van der Waals surface area contributed by atoms with E-state index < -0.39 is 0 Å². The molecular weight excluding hydrogens is 394 g/mol. The van der Waals surface area contributed by atoms with Gasteiger partial charge in [-0.25, -0.2) is 4.98 Å². The Morgan fingerprint density at radius 3 is 2.48 bits per heavy atom. The van der Waals surface area contributed by atoms with Crippen molar-refractivity contribution in [2.75, 3.05) is 0 Å². The maximum atomic E-state index is 12.5. The van der Waals surface area contributed by atoms with Gasteiger partial charge < -0.3 is 18.7 Å². The van der Waals surface area contributed by atoms with Crippen molar-refractivity contribution in [1.82, 2.24) is 4.98 Å². The Bertz CT molecular complexity index is 1400. The third kappa shape index (κ3) is 3.91. The highest BCUT2D eigenvalue weighted by atomic mass is 16.5. The highest BCUT2D eigenvalue weighted by Crippen LogP contribution is 2.27. The summed E-state index contributed by atoms with van der Waals surface area (Å²) in [7, 11) is 0. The molecule has 0 radical (unpaired) electrons. The molecule has 0 saturated carbocycles. The van der Waals surface area contributed by atoms with Crippen LogP contribution in [0.2, 0.25) is 0 Å². The van der Waals surface area contributed by atoms with Crippen LogP contribution in [0, 0.1) is 0 Å². The van der Waals surface area contributed by atoms with Gasteiger partial charge in [0.15, 0.2) is 11.2 Å². The zero-order valence-corrected chi connectivity index (χ0v) is 16.3. The third-order valence-electron chi connectivity index (χ3n) is 4.81. The number of nitrogens with zero attached hydrogens (tertiary/aromatic N) is 1. The molecule has 1 N–H and O–H groups in total. The van der Waals surface area contributed by atoms with Gasteiger partial charge in [0.05, 0.1) is 11.6 Å². The molecule has 0 aliphatic heterocycles. The summed E-state index contributed by atoms with van der Waals surface area (Å²) in [6, 6.07) is 22.6. The Morgan fingerprint density at radius 2 is 1.68 bits per heavy atom. The summed E-state index contributed by atoms with van der Waals surface area (Å²) in [5.41, 5.74) is 1.84. The van der Waals surface area contributed by atoms with E-state index >= 15 is 0 Å². The minimum Gasteiger partial charge on any atom is -0.508 e. The average molecular weight is 411 g/mol. The van der Waals surface area contributed by atoms with Gasteiger partial charge in [-0.2, -0.15) is 0 Å². The second kappa shape index (κ2) is 7.84. The number of rotatable bonds is 5. The molecule has 3 aromatic carbocycles. The van der Waals surface area contributed by atoms with Crippen LogP contribution in [0.5, 0.6) is 11.5 Å². The fourth-order valence-corrected chi connectivity index (χ4v) is 3.24. The van der Waals surface area contributed by atoms with Crippen molar-refractivity contribution in [3.63, 3.8) is 0 Å². The van der Waals surface area contributed by atoms with Gasteiger partial charge in [0.1, 0.15) is 29.4 Å². The molecule has 0 amide bonds. The standard InChI is InChI=1S/C25H17NO5/c27-18-8-6-16(7-9-18)23-13-22(28)21-11-10-19(12-24(21)31-23)29-15-20-14-26-25(30-20)17-4-2-1-3-5-17/h1-14,27H,15H2. The number of oxazole rings is 1. The van der Waals surface area contributed by atoms with E-state index in [0.717, 1.165) is 5.56 Å². The minimum absolute atomic E-state index is 0.144. The van der Waals surface area contributed by atoms with E-state index in [4.69, 9.17) is 13.6 Å². The zero-order valence-electron chi connectivity index (χ0n) is 16.3. The van der Waals surface area contributed by atoms with Crippen LogP contribution in [0.25, 0.3) is 33.7 Å². The predicted molar refractivity (Wildman–Crippen MR) is 116 cm³/mol. The van der Waals surface area contributed by atoms with Gasteiger partial charge in [-0.05, 0) is 48.5 Å². The van der Waals surface area contributed by atoms with E-state index in [1.54, 1.807) is 48.7 Å². The van der Waals surface area contributed by atoms with Crippen molar-refractivity contribution in [2.24, 2.45) is 0 Å². The van der Waals surface area contributed by atoms with Gasteiger partial charge in [0.25, 0.3) is 0 Å². The lowest BCUT2D eigenvalue weighted by atomic mass is 10.1. The number of fused-ring (bicyclic) bond motifs is 1. The number of phenolic OH excluding ortho intramolecular Hbond substituents is 1. The molecule has 0 atom stereocenters. The predicted octanol–water partition coefficient (Wildman–Crippen LogP) is 5.40. The molecule has 5 aromatic rings. The van der Waals surface area contributed by atoms with Crippen molar-refractivity contribution in [2.45, 2.75) is 6.61 Å². The molecule has 31 heavy (non-hydrogen) atoms. The Labute approximate surface area is 177 Å². The van der Waals surface area contributed by atoms with E-state index in [9.17, 15) is 9.90 Å². The molecular formula is C25H17NO5. The number of aromatic hydroxyl groups is 1. The number of benzene rings is 3. The summed E-state index contributed by atoms with van der Waals surface area (Å²) in [6.45, 7) is 0.188. The number of hydrogen-bond acceptors (Lipinski definition) is 6. The van der Waals surface area contributed by atoms with E-state index in [0.29, 0.717) is 39.7 Å². The highest BCUT2D eigenvalue weighted by Gasteiger charge is 2.10. The first-order valence-electron chi connectivity index (χ1n) is 9.66. The fourth-order valence-electron chi connectivity index (χ4n) is 3.24. The lowest BCUT2D eigenvalue weighted by molar-refractivity contribution is 0.272. The first-order chi connectivity index (χ1) is 15.2. The van der Waals surface area contributed by atoms with E-state index in [-0.39, 0.29) is 17.8 Å². The first-order valence-corrected chi connectivity index (χ1v) is 9.66. The molecule has 0 spiro atoms. The van der Waals surface area contributed by atoms with Crippen molar-refractivity contribution in [3.8, 4) is 34.3 Å². The molecule has 0 fully saturated rings. The summed E-state index contributed by atoms with van der Waals surface area (Å²) in [5, 5.41) is 9.92. The molecule has 152 valence electrons. The maximum absolute atomic E-state index is 12.5. The number of hydrogen-bond donors (Lipinski definition) is 1. The lowest BCUT2D eigenvalue weighted by Crippen LogP contribution is -2.01. The lowest BCUT2D eigenvalue weighted by Gasteiger charge is -2.07. The largest absolute Gasteiger partial charge is 0.508 e. The van der Waals surface area contributed by atoms with Crippen LogP contribution in [0.3, 0.4) is 0 Å². The quantitative estimate of drug-likeness (QED) is 0.417. The van der Waals surface area contributed by atoms with Gasteiger partial charge in [-0.1, -0.05) is 18.2 Å². The second-order valence-electron chi connectivity index (χ2n) is 6.97. The summed E-state index contributed by atoms with van der Waals surface area (Å²) in [5.74, 6) is 2.21. The van der Waals surface area contributed by atoms with Gasteiger partial charge in [-0.3, -0.25) is 4.79 Å². The van der Waals surface area contributed by atoms with Crippen LogP contribution < -0.4 is 10.2 Å². The molecule has 6 heteroatoms. The summed E-state index contributed by atoms with van der Waals surface area (Å²) in [6.07, 6.45) is 1.63. The van der Waals surface area contributed by atoms with Gasteiger partial charge >= 0.3 is 0 Å². The minimum atomic E-state index is -0.154. The summed E-state index contributed by atoms with van der Waals surface area (Å²) >= 11 is 0. The second-order valence-corrected chi connectivity index (χ2v) is 6.97. The van der Waals surface area contributed by atoms with Crippen LogP contribution in [0.4, 0.5) is 0 Å². The van der Waals surface area contributed by atoms with Crippen LogP contribution in [-0.4, -0.2) is 10.1 Å². The van der Waals surface area contributed by atoms with E-state index in [1.807, 2.05) is 30.3 Å². The number of ether oxygens (including phenoxy) is 1. The Kier molecular flexibility index (Phi) is 4.72. The average Bonchev–Trinajstić information content (AvgIpc) is 3.28. The Hall–Kier alpha value is -4.32. The third-order valence-corrected chi connectivity index (χ3v) is 4.81. The molecule has 0 aliphatic carbocycles. The molecule has 0 bridgehead atoms. The van der Waals surface area contributed by atoms with E-state index in [2.05, 4.69) is 4.98 Å². The van der Waals surface area contributed by atoms with Gasteiger partial charge in [-0.15, -0.1) is 0 Å². The molecule has 0 unspecified atom stereocenters. The van der Waals surface area contributed by atoms with Crippen LogP contribution >= 0.6 is 0 Å². The molecule has 2 aromatic heterocycles. The first kappa shape index (κ1) is 18.7. The molecule has 0 aliphatic rings. The fraction of sp³-hybridized carbons (Fsp3) is 0.0400. The molecule has 6 nitrogen and oxygen atoms in total. The monoisotopic (exact) mass is 411 g/mol. The molecule has 2 heterocycles. The van der Waals surface area contributed by atoms with Crippen LogP contribution in [-0.2, 0) is 6.61 Å². The Balaban J connectivity index is 1.39. The maximum Gasteiger partial charge on any atom is 0.226 e. The smallest absolute Gasteiger partial charge is 0.226 e. The Morgan fingerprint density at radius 1 is 0.871 bits per heavy atom. The van der Waals surface area contributed by atoms with Gasteiger partial charge in [0.2, 0.25) is 5.89 Å². The summed E-state index contributed by atoms with van der Waals surface area (Å²) < 4.78 is 17.5. The zero-order chi connectivity index (χ0) is 21.2. The normalized spacial score (nSPS) is 11.0. The summed E-state index contributed by atoms with van der Waals surface area (Å²) in [4.78, 5) is 16.8. The van der Waals surface area contributed by atoms with Crippen molar-refractivity contribution in [3.05, 3.63) is 101 Å².